The van der Waals surface area contributed by atoms with Gasteiger partial charge in [-0.2, -0.15) is 0 Å². The second kappa shape index (κ2) is 7.61. The first kappa shape index (κ1) is 21.5. The first-order valence-electron chi connectivity index (χ1n) is 10.3. The minimum atomic E-state index is -0.594. The molecule has 0 aliphatic carbocycles. The lowest BCUT2D eigenvalue weighted by Crippen LogP contribution is -2.32. The van der Waals surface area contributed by atoms with E-state index in [1.807, 2.05) is 12.1 Å². The maximum absolute atomic E-state index is 13.6. The minimum Gasteiger partial charge on any atom is -0.307 e. The third-order valence-corrected chi connectivity index (χ3v) is 8.70. The average Bonchev–Trinajstić information content (AvgIpc) is 3.23. The summed E-state index contributed by atoms with van der Waals surface area (Å²) in [7, 11) is 0. The van der Waals surface area contributed by atoms with Gasteiger partial charge in [-0.15, -0.1) is 0 Å². The highest BCUT2D eigenvalue weighted by molar-refractivity contribution is 8.00. The molecule has 0 radical (unpaired) electrons. The van der Waals surface area contributed by atoms with Crippen LogP contribution < -0.4 is 9.77 Å². The molecule has 3 atom stereocenters. The van der Waals surface area contributed by atoms with Crippen LogP contribution in [0, 0.1) is 5.92 Å². The molecule has 3 heterocycles. The van der Waals surface area contributed by atoms with Crippen molar-refractivity contribution in [3.8, 4) is 0 Å². The summed E-state index contributed by atoms with van der Waals surface area (Å²) in [6.45, 7) is 6.44. The molecular formula is C24H21ClN2O3S2. The van der Waals surface area contributed by atoms with E-state index in [1.165, 1.54) is 22.2 Å². The Kier molecular flexibility index (Phi) is 5.11. The number of rotatable bonds is 2. The summed E-state index contributed by atoms with van der Waals surface area (Å²) in [6.07, 6.45) is 0. The summed E-state index contributed by atoms with van der Waals surface area (Å²) < 4.78 is 0. The lowest BCUT2D eigenvalue weighted by molar-refractivity contribution is -0.122. The van der Waals surface area contributed by atoms with Crippen molar-refractivity contribution >= 4 is 52.2 Å². The van der Waals surface area contributed by atoms with Crippen molar-refractivity contribution in [3.05, 3.63) is 79.2 Å². The largest absolute Gasteiger partial charge is 0.307 e. The number of anilines is 1. The first-order valence-corrected chi connectivity index (χ1v) is 12.4. The summed E-state index contributed by atoms with van der Waals surface area (Å²) in [5.74, 6) is -1.45. The molecule has 32 heavy (non-hydrogen) atoms. The Hall–Kier alpha value is -2.35. The first-order chi connectivity index (χ1) is 15.1. The number of aromatic amines is 1. The van der Waals surface area contributed by atoms with Gasteiger partial charge in [-0.3, -0.25) is 14.4 Å². The highest BCUT2D eigenvalue weighted by Crippen LogP contribution is 2.53. The van der Waals surface area contributed by atoms with Gasteiger partial charge in [0.15, 0.2) is 0 Å². The number of thiazole rings is 1. The van der Waals surface area contributed by atoms with Gasteiger partial charge in [0.05, 0.1) is 16.6 Å². The lowest BCUT2D eigenvalue weighted by atomic mass is 9.81. The summed E-state index contributed by atoms with van der Waals surface area (Å²) in [5, 5.41) is 0.629. The fraction of sp³-hybridized carbons (Fsp3) is 0.292. The second-order valence-electron chi connectivity index (χ2n) is 9.11. The second-order valence-corrected chi connectivity index (χ2v) is 11.7. The zero-order valence-electron chi connectivity index (χ0n) is 17.7. The van der Waals surface area contributed by atoms with Crippen molar-refractivity contribution in [2.75, 3.05) is 4.90 Å². The number of hydrogen-bond acceptors (Lipinski definition) is 5. The van der Waals surface area contributed by atoms with Crippen molar-refractivity contribution in [2.24, 2.45) is 5.92 Å². The van der Waals surface area contributed by atoms with E-state index >= 15 is 0 Å². The smallest absolute Gasteiger partial charge is 0.305 e. The van der Waals surface area contributed by atoms with Gasteiger partial charge in [0.25, 0.3) is 0 Å². The van der Waals surface area contributed by atoms with Crippen molar-refractivity contribution < 1.29 is 9.59 Å². The summed E-state index contributed by atoms with van der Waals surface area (Å²) >= 11 is 8.40. The highest BCUT2D eigenvalue weighted by Gasteiger charge is 2.56. The number of carbonyl (C=O) groups is 2. The molecule has 2 amide bonds. The van der Waals surface area contributed by atoms with Crippen LogP contribution in [0.25, 0.3) is 0 Å². The van der Waals surface area contributed by atoms with E-state index in [4.69, 9.17) is 11.6 Å². The van der Waals surface area contributed by atoms with Crippen molar-refractivity contribution in [3.63, 3.8) is 0 Å². The predicted octanol–water partition coefficient (Wildman–Crippen LogP) is 5.18. The number of benzene rings is 2. The normalized spacial score (nSPS) is 22.8. The number of hydrogen-bond donors (Lipinski definition) is 1. The number of carbonyl (C=O) groups excluding carboxylic acids is 2. The third-order valence-electron chi connectivity index (χ3n) is 6.04. The molecule has 2 aliphatic rings. The van der Waals surface area contributed by atoms with Gasteiger partial charge in [-0.25, -0.2) is 4.90 Å². The number of nitrogens with zero attached hydrogens (tertiary/aromatic N) is 1. The Labute approximate surface area is 198 Å². The van der Waals surface area contributed by atoms with Crippen LogP contribution in [0.4, 0.5) is 5.69 Å². The number of imide groups is 1. The van der Waals surface area contributed by atoms with Gasteiger partial charge in [-0.05, 0) is 40.8 Å². The molecule has 1 N–H and O–H groups in total. The van der Waals surface area contributed by atoms with E-state index in [2.05, 4.69) is 37.9 Å². The number of H-pyrrole nitrogens is 1. The summed E-state index contributed by atoms with van der Waals surface area (Å²) in [5.41, 5.74) is 2.63. The van der Waals surface area contributed by atoms with Crippen molar-refractivity contribution in [2.45, 2.75) is 42.4 Å². The molecule has 1 aromatic heterocycles. The predicted molar refractivity (Wildman–Crippen MR) is 129 cm³/mol. The summed E-state index contributed by atoms with van der Waals surface area (Å²) in [4.78, 5) is 44.0. The molecule has 0 saturated carbocycles. The zero-order chi connectivity index (χ0) is 22.8. The molecular weight excluding hydrogens is 464 g/mol. The monoisotopic (exact) mass is 484 g/mol. The molecule has 5 nitrogen and oxygen atoms in total. The molecule has 1 saturated heterocycles. The Morgan fingerprint density at radius 3 is 2.22 bits per heavy atom. The average molecular weight is 485 g/mol. The Bertz CT molecular complexity index is 1270. The van der Waals surface area contributed by atoms with E-state index in [9.17, 15) is 14.4 Å². The van der Waals surface area contributed by atoms with Crippen LogP contribution in [0.15, 0.2) is 58.4 Å². The topological polar surface area (TPSA) is 70.2 Å². The van der Waals surface area contributed by atoms with E-state index in [1.54, 1.807) is 24.3 Å². The number of nitrogens with one attached hydrogen (secondary N) is 1. The summed E-state index contributed by atoms with van der Waals surface area (Å²) in [6, 6.07) is 14.9. The van der Waals surface area contributed by atoms with E-state index in [-0.39, 0.29) is 28.0 Å². The fourth-order valence-corrected chi connectivity index (χ4v) is 7.05. The van der Waals surface area contributed by atoms with Crippen LogP contribution in [0.5, 0.6) is 0 Å². The SMILES string of the molecule is CC(C)(C)c1ccc(C2c3sc(=O)[nH]c3SC3C(=O)N(c4ccc(Cl)cc4)C(=O)C32)cc1. The fourth-order valence-electron chi connectivity index (χ4n) is 4.41. The highest BCUT2D eigenvalue weighted by atomic mass is 35.5. The molecule has 2 aliphatic heterocycles. The van der Waals surface area contributed by atoms with Gasteiger partial charge >= 0.3 is 4.87 Å². The number of fused-ring (bicyclic) bond motifs is 2. The van der Waals surface area contributed by atoms with Crippen molar-refractivity contribution in [1.29, 1.82) is 0 Å². The van der Waals surface area contributed by atoms with Crippen LogP contribution in [0.2, 0.25) is 5.02 Å². The standard InChI is InChI=1S/C24H21ClN2O3S2/c1-24(2,3)13-6-4-12(5-7-13)16-17-19(31-20-18(16)32-23(30)26-20)22(29)27(21(17)28)15-10-8-14(25)9-11-15/h4-11,16-17,19H,1-3H3,(H,26,30). The maximum Gasteiger partial charge on any atom is 0.305 e. The lowest BCUT2D eigenvalue weighted by Gasteiger charge is -2.30. The number of thioether (sulfide) groups is 1. The number of aromatic nitrogens is 1. The molecule has 2 aromatic carbocycles. The van der Waals surface area contributed by atoms with Gasteiger partial charge in [0.2, 0.25) is 11.8 Å². The quantitative estimate of drug-likeness (QED) is 0.508. The Balaban J connectivity index is 1.61. The van der Waals surface area contributed by atoms with E-state index < -0.39 is 11.2 Å². The third kappa shape index (κ3) is 3.43. The van der Waals surface area contributed by atoms with Gasteiger partial charge < -0.3 is 4.98 Å². The van der Waals surface area contributed by atoms with Crippen LogP contribution in [-0.2, 0) is 15.0 Å². The van der Waals surface area contributed by atoms with Gasteiger partial charge in [0.1, 0.15) is 5.25 Å². The number of amides is 2. The van der Waals surface area contributed by atoms with E-state index in [0.717, 1.165) is 21.8 Å². The van der Waals surface area contributed by atoms with Gasteiger partial charge in [0, 0.05) is 15.8 Å². The molecule has 164 valence electrons. The van der Waals surface area contributed by atoms with Crippen LogP contribution in [0.3, 0.4) is 0 Å². The molecule has 3 aromatic rings. The molecule has 3 unspecified atom stereocenters. The Morgan fingerprint density at radius 2 is 1.59 bits per heavy atom. The zero-order valence-corrected chi connectivity index (χ0v) is 20.1. The maximum atomic E-state index is 13.6. The minimum absolute atomic E-state index is 0.00192. The number of halogens is 1. The van der Waals surface area contributed by atoms with E-state index in [0.29, 0.717) is 15.7 Å². The Morgan fingerprint density at radius 1 is 0.938 bits per heavy atom. The molecule has 5 rings (SSSR count). The molecule has 0 bridgehead atoms. The van der Waals surface area contributed by atoms with Crippen LogP contribution in [0.1, 0.15) is 42.7 Å². The van der Waals surface area contributed by atoms with Crippen molar-refractivity contribution in [1.82, 2.24) is 4.98 Å². The molecule has 8 heteroatoms. The van der Waals surface area contributed by atoms with Crippen LogP contribution >= 0.6 is 34.7 Å². The van der Waals surface area contributed by atoms with Crippen LogP contribution in [-0.4, -0.2) is 22.0 Å². The molecule has 1 fully saturated rings. The van der Waals surface area contributed by atoms with Gasteiger partial charge in [-0.1, -0.05) is 79.7 Å². The molecule has 0 spiro atoms.